The Kier molecular flexibility index (Phi) is 14.1. The second kappa shape index (κ2) is 17.5. The van der Waals surface area contributed by atoms with Crippen LogP contribution < -0.4 is 9.50 Å². The molecule has 0 bridgehead atoms. The molecule has 1 fully saturated rings. The third-order valence-corrected chi connectivity index (χ3v) is 10.1. The minimum Gasteiger partial charge on any atom is -0.379 e. The van der Waals surface area contributed by atoms with Crippen LogP contribution in [0.3, 0.4) is 0 Å². The van der Waals surface area contributed by atoms with E-state index in [1.165, 1.54) is 82.2 Å². The highest BCUT2D eigenvalue weighted by Gasteiger charge is 2.29. The normalized spacial score (nSPS) is 16.4. The molecule has 9 heteroatoms. The number of carbonyl (C=O) groups is 1. The fourth-order valence-corrected chi connectivity index (χ4v) is 7.66. The fraction of sp³-hybridized carbons (Fsp3) is 0.545. The molecule has 3 rings (SSSR count). The zero-order valence-corrected chi connectivity index (χ0v) is 27.3. The van der Waals surface area contributed by atoms with E-state index in [0.717, 1.165) is 24.8 Å². The van der Waals surface area contributed by atoms with E-state index in [1.54, 1.807) is 38.1 Å². The van der Waals surface area contributed by atoms with Gasteiger partial charge in [0.2, 0.25) is 5.91 Å². The van der Waals surface area contributed by atoms with E-state index in [2.05, 4.69) is 22.4 Å². The molecule has 0 radical (unpaired) electrons. The molecule has 7 nitrogen and oxygen atoms in total. The van der Waals surface area contributed by atoms with E-state index in [-0.39, 0.29) is 21.8 Å². The number of amidine groups is 1. The number of benzene rings is 2. The van der Waals surface area contributed by atoms with Gasteiger partial charge in [-0.2, -0.15) is 13.5 Å². The number of rotatable bonds is 18. The molecule has 1 atom stereocenters. The van der Waals surface area contributed by atoms with Gasteiger partial charge in [0.25, 0.3) is 0 Å². The minimum atomic E-state index is -4.00. The molecular weight excluding hydrogens is 567 g/mol. The van der Waals surface area contributed by atoms with Crippen LogP contribution in [0.4, 0.5) is 0 Å². The summed E-state index contributed by atoms with van der Waals surface area (Å²) in [6.07, 6.45) is 17.9. The second-order valence-electron chi connectivity index (χ2n) is 11.3. The summed E-state index contributed by atoms with van der Waals surface area (Å²) in [4.78, 5) is 12.6. The summed E-state index contributed by atoms with van der Waals surface area (Å²) in [5.41, 5.74) is 2.92. The molecule has 1 amide bonds. The van der Waals surface area contributed by atoms with E-state index < -0.39 is 10.1 Å². The quantitative estimate of drug-likeness (QED) is 0.0788. The molecule has 1 heterocycles. The van der Waals surface area contributed by atoms with Crippen molar-refractivity contribution in [2.24, 2.45) is 10.2 Å². The van der Waals surface area contributed by atoms with Crippen molar-refractivity contribution in [3.8, 4) is 5.75 Å². The van der Waals surface area contributed by atoms with Crippen LogP contribution in [0.5, 0.6) is 5.75 Å². The predicted molar refractivity (Wildman–Crippen MR) is 175 cm³/mol. The van der Waals surface area contributed by atoms with Gasteiger partial charge in [-0.25, -0.2) is 0 Å². The number of amides is 1. The van der Waals surface area contributed by atoms with Gasteiger partial charge in [0.15, 0.2) is 5.17 Å². The van der Waals surface area contributed by atoms with Gasteiger partial charge in [0.1, 0.15) is 10.6 Å². The lowest BCUT2D eigenvalue weighted by Gasteiger charge is -2.13. The molecule has 0 aliphatic carbocycles. The molecular formula is C33H47N3O4S2. The average molecular weight is 614 g/mol. The maximum absolute atomic E-state index is 13.0. The van der Waals surface area contributed by atoms with Crippen LogP contribution in [0.15, 0.2) is 51.5 Å². The predicted octanol–water partition coefficient (Wildman–Crippen LogP) is 8.39. The van der Waals surface area contributed by atoms with Crippen molar-refractivity contribution in [2.75, 3.05) is 0 Å². The molecule has 42 heavy (non-hydrogen) atoms. The summed E-state index contributed by atoms with van der Waals surface area (Å²) in [5.74, 6) is 0.177. The number of carbonyl (C=O) groups excluding carboxylic acids is 1. The third kappa shape index (κ3) is 11.2. The van der Waals surface area contributed by atoms with Crippen molar-refractivity contribution in [3.05, 3.63) is 58.7 Å². The Morgan fingerprint density at radius 2 is 1.48 bits per heavy atom. The molecule has 0 aromatic heterocycles. The Labute approximate surface area is 257 Å². The lowest BCUT2D eigenvalue weighted by molar-refractivity contribution is -0.118. The molecule has 1 aliphatic rings. The lowest BCUT2D eigenvalue weighted by Crippen LogP contribution is -2.24. The van der Waals surface area contributed by atoms with Gasteiger partial charge < -0.3 is 9.50 Å². The van der Waals surface area contributed by atoms with E-state index in [1.807, 2.05) is 19.1 Å². The molecule has 0 saturated carbocycles. The summed E-state index contributed by atoms with van der Waals surface area (Å²) in [5, 5.41) is 11.5. The van der Waals surface area contributed by atoms with Crippen LogP contribution in [0.2, 0.25) is 0 Å². The molecule has 2 aromatic rings. The Morgan fingerprint density at radius 3 is 2.10 bits per heavy atom. The summed E-state index contributed by atoms with van der Waals surface area (Å²) >= 11 is 1.42. The highest BCUT2D eigenvalue weighted by Crippen LogP contribution is 2.27. The van der Waals surface area contributed by atoms with Gasteiger partial charge in [-0.05, 0) is 56.0 Å². The summed E-state index contributed by atoms with van der Waals surface area (Å²) in [7, 11) is -4.00. The summed E-state index contributed by atoms with van der Waals surface area (Å²) < 4.78 is 31.4. The van der Waals surface area contributed by atoms with Crippen molar-refractivity contribution in [2.45, 2.75) is 121 Å². The number of nitrogens with one attached hydrogen (secondary N) is 1. The standard InChI is InChI=1S/C33H47N3O4S2/c1-5-6-7-8-9-10-11-12-13-14-15-16-20-30-32(37)35-33(41-30)36-34-24-28-18-17-19-29(23-28)40-42(38,39)31-26(3)21-25(2)22-27(31)4/h17-19,21-24,30H,5-16,20H2,1-4H3,(H,35,36,37). The maximum atomic E-state index is 13.0. The molecule has 1 N–H and O–H groups in total. The van der Waals surface area contributed by atoms with Crippen molar-refractivity contribution in [3.63, 3.8) is 0 Å². The molecule has 0 spiro atoms. The van der Waals surface area contributed by atoms with Crippen LogP contribution >= 0.6 is 11.8 Å². The highest BCUT2D eigenvalue weighted by molar-refractivity contribution is 8.15. The van der Waals surface area contributed by atoms with Crippen molar-refractivity contribution < 1.29 is 17.4 Å². The Hall–Kier alpha value is -2.65. The zero-order chi connectivity index (χ0) is 30.4. The van der Waals surface area contributed by atoms with Crippen molar-refractivity contribution in [1.29, 1.82) is 0 Å². The van der Waals surface area contributed by atoms with Gasteiger partial charge >= 0.3 is 10.1 Å². The van der Waals surface area contributed by atoms with E-state index in [0.29, 0.717) is 21.9 Å². The van der Waals surface area contributed by atoms with Gasteiger partial charge in [-0.3, -0.25) is 4.79 Å². The first-order valence-electron chi connectivity index (χ1n) is 15.4. The first-order valence-corrected chi connectivity index (χ1v) is 17.7. The van der Waals surface area contributed by atoms with Gasteiger partial charge in [0.05, 0.1) is 11.5 Å². The second-order valence-corrected chi connectivity index (χ2v) is 13.9. The maximum Gasteiger partial charge on any atom is 0.339 e. The molecule has 1 unspecified atom stereocenters. The average Bonchev–Trinajstić information content (AvgIpc) is 3.27. The van der Waals surface area contributed by atoms with Crippen LogP contribution in [-0.2, 0) is 14.9 Å². The lowest BCUT2D eigenvalue weighted by atomic mass is 10.0. The van der Waals surface area contributed by atoms with Crippen molar-refractivity contribution >= 4 is 39.2 Å². The fourth-order valence-electron chi connectivity index (χ4n) is 5.34. The van der Waals surface area contributed by atoms with Gasteiger partial charge in [-0.15, -0.1) is 5.10 Å². The Bertz CT molecular complexity index is 1320. The number of thioether (sulfide) groups is 1. The zero-order valence-electron chi connectivity index (χ0n) is 25.7. The first kappa shape index (κ1) is 33.8. The van der Waals surface area contributed by atoms with E-state index >= 15 is 0 Å². The topological polar surface area (TPSA) is 97.2 Å². The first-order chi connectivity index (χ1) is 20.2. The van der Waals surface area contributed by atoms with Crippen molar-refractivity contribution in [1.82, 2.24) is 5.32 Å². The number of unbranched alkanes of at least 4 members (excludes halogenated alkanes) is 11. The number of hydrogen-bond donors (Lipinski definition) is 1. The summed E-state index contributed by atoms with van der Waals surface area (Å²) in [6, 6.07) is 10.3. The minimum absolute atomic E-state index is 0.0145. The van der Waals surface area contributed by atoms with Gasteiger partial charge in [0, 0.05) is 0 Å². The monoisotopic (exact) mass is 613 g/mol. The number of hydrogen-bond acceptors (Lipinski definition) is 7. The molecule has 1 saturated heterocycles. The Balaban J connectivity index is 1.41. The van der Waals surface area contributed by atoms with Crippen LogP contribution in [-0.4, -0.2) is 31.0 Å². The van der Waals surface area contributed by atoms with Crippen LogP contribution in [0.1, 0.15) is 113 Å². The van der Waals surface area contributed by atoms with Crippen LogP contribution in [0.25, 0.3) is 0 Å². The highest BCUT2D eigenvalue weighted by atomic mass is 32.2. The smallest absolute Gasteiger partial charge is 0.339 e. The van der Waals surface area contributed by atoms with Crippen LogP contribution in [0, 0.1) is 20.8 Å². The SMILES string of the molecule is CCCCCCCCCCCCCCC1SC(=NN=Cc2cccc(OS(=O)(=O)c3c(C)cc(C)cc3C)c2)NC1=O. The van der Waals surface area contributed by atoms with Gasteiger partial charge in [-0.1, -0.05) is 126 Å². The largest absolute Gasteiger partial charge is 0.379 e. The molecule has 230 valence electrons. The van der Waals surface area contributed by atoms with E-state index in [9.17, 15) is 13.2 Å². The third-order valence-electron chi connectivity index (χ3n) is 7.37. The summed E-state index contributed by atoms with van der Waals surface area (Å²) in [6.45, 7) is 7.72. The molecule has 1 aliphatic heterocycles. The number of nitrogens with zero attached hydrogens (tertiary/aromatic N) is 2. The number of aryl methyl sites for hydroxylation is 3. The molecule has 2 aromatic carbocycles. The Morgan fingerprint density at radius 1 is 0.881 bits per heavy atom. The van der Waals surface area contributed by atoms with E-state index in [4.69, 9.17) is 4.18 Å².